The Morgan fingerprint density at radius 3 is 3.00 bits per heavy atom. The van der Waals surface area contributed by atoms with E-state index in [0.29, 0.717) is 6.41 Å². The lowest BCUT2D eigenvalue weighted by Crippen LogP contribution is -2.38. The molecule has 1 rings (SSSR count). The first-order chi connectivity index (χ1) is 6.65. The molecule has 6 heteroatoms. The Kier molecular flexibility index (Phi) is 3.22. The van der Waals surface area contributed by atoms with Gasteiger partial charge in [-0.2, -0.15) is 5.10 Å². The SMILES string of the molecule is Cn1nccc1CC(NC=O)C(=O)O. The fourth-order valence-corrected chi connectivity index (χ4v) is 1.11. The summed E-state index contributed by atoms with van der Waals surface area (Å²) in [5, 5.41) is 14.9. The average molecular weight is 197 g/mol. The first-order valence-corrected chi connectivity index (χ1v) is 4.04. The maximum Gasteiger partial charge on any atom is 0.326 e. The molecule has 0 bridgehead atoms. The van der Waals surface area contributed by atoms with Gasteiger partial charge in [0.25, 0.3) is 0 Å². The third-order valence-corrected chi connectivity index (χ3v) is 1.90. The van der Waals surface area contributed by atoms with Crippen molar-refractivity contribution in [3.05, 3.63) is 18.0 Å². The van der Waals surface area contributed by atoms with Crippen LogP contribution < -0.4 is 5.32 Å². The van der Waals surface area contributed by atoms with Gasteiger partial charge in [0.2, 0.25) is 6.41 Å². The zero-order valence-corrected chi connectivity index (χ0v) is 7.67. The van der Waals surface area contributed by atoms with Crippen molar-refractivity contribution in [2.75, 3.05) is 0 Å². The molecule has 6 nitrogen and oxygen atoms in total. The van der Waals surface area contributed by atoms with E-state index in [1.807, 2.05) is 0 Å². The van der Waals surface area contributed by atoms with E-state index in [0.717, 1.165) is 5.69 Å². The smallest absolute Gasteiger partial charge is 0.326 e. The third-order valence-electron chi connectivity index (χ3n) is 1.90. The maximum absolute atomic E-state index is 10.7. The van der Waals surface area contributed by atoms with Crippen LogP contribution in [-0.2, 0) is 23.1 Å². The second kappa shape index (κ2) is 4.40. The molecule has 0 aliphatic carbocycles. The predicted molar refractivity (Wildman–Crippen MR) is 47.5 cm³/mol. The monoisotopic (exact) mass is 197 g/mol. The van der Waals surface area contributed by atoms with E-state index in [9.17, 15) is 9.59 Å². The Morgan fingerprint density at radius 2 is 2.57 bits per heavy atom. The number of rotatable bonds is 5. The topological polar surface area (TPSA) is 84.2 Å². The highest BCUT2D eigenvalue weighted by Crippen LogP contribution is 2.01. The first kappa shape index (κ1) is 10.2. The minimum absolute atomic E-state index is 0.227. The lowest BCUT2D eigenvalue weighted by Gasteiger charge is -2.10. The molecule has 14 heavy (non-hydrogen) atoms. The Labute approximate surface area is 80.5 Å². The molecule has 1 unspecified atom stereocenters. The summed E-state index contributed by atoms with van der Waals surface area (Å²) in [6.07, 6.45) is 2.19. The first-order valence-electron chi connectivity index (χ1n) is 4.04. The number of carbonyl (C=O) groups is 2. The van der Waals surface area contributed by atoms with Crippen LogP contribution >= 0.6 is 0 Å². The van der Waals surface area contributed by atoms with E-state index < -0.39 is 12.0 Å². The van der Waals surface area contributed by atoms with Crippen molar-refractivity contribution in [1.82, 2.24) is 15.1 Å². The fourth-order valence-electron chi connectivity index (χ4n) is 1.11. The summed E-state index contributed by atoms with van der Waals surface area (Å²) < 4.78 is 1.57. The van der Waals surface area contributed by atoms with Crippen LogP contribution in [0.2, 0.25) is 0 Å². The molecule has 76 valence electrons. The number of amides is 1. The average Bonchev–Trinajstić information content (AvgIpc) is 2.51. The van der Waals surface area contributed by atoms with Crippen LogP contribution in [0, 0.1) is 0 Å². The van der Waals surface area contributed by atoms with E-state index in [-0.39, 0.29) is 6.42 Å². The number of hydrogen-bond acceptors (Lipinski definition) is 3. The number of nitrogens with zero attached hydrogens (tertiary/aromatic N) is 2. The summed E-state index contributed by atoms with van der Waals surface area (Å²) >= 11 is 0. The number of aliphatic carboxylic acids is 1. The molecule has 0 saturated carbocycles. The molecule has 0 spiro atoms. The van der Waals surface area contributed by atoms with Gasteiger partial charge in [0, 0.05) is 25.4 Å². The highest BCUT2D eigenvalue weighted by Gasteiger charge is 2.17. The van der Waals surface area contributed by atoms with Gasteiger partial charge in [0.1, 0.15) is 6.04 Å². The van der Waals surface area contributed by atoms with Crippen LogP contribution in [0.4, 0.5) is 0 Å². The summed E-state index contributed by atoms with van der Waals surface area (Å²) in [6, 6.07) is 0.811. The molecule has 1 amide bonds. The lowest BCUT2D eigenvalue weighted by molar-refractivity contribution is -0.140. The summed E-state index contributed by atoms with van der Waals surface area (Å²) in [7, 11) is 1.72. The number of carbonyl (C=O) groups excluding carboxylic acids is 1. The van der Waals surface area contributed by atoms with Gasteiger partial charge >= 0.3 is 5.97 Å². The highest BCUT2D eigenvalue weighted by atomic mass is 16.4. The van der Waals surface area contributed by atoms with Gasteiger partial charge in [-0.25, -0.2) is 4.79 Å². The van der Waals surface area contributed by atoms with Gasteiger partial charge in [-0.1, -0.05) is 0 Å². The lowest BCUT2D eigenvalue weighted by atomic mass is 10.1. The van der Waals surface area contributed by atoms with Crippen LogP contribution in [0.1, 0.15) is 5.69 Å². The van der Waals surface area contributed by atoms with Crippen LogP contribution in [-0.4, -0.2) is 33.3 Å². The largest absolute Gasteiger partial charge is 0.480 e. The number of hydrogen-bond donors (Lipinski definition) is 2. The van der Waals surface area contributed by atoms with Crippen molar-refractivity contribution in [3.8, 4) is 0 Å². The molecule has 1 heterocycles. The number of carboxylic acid groups (broad SMARTS) is 1. The van der Waals surface area contributed by atoms with Crippen molar-refractivity contribution >= 4 is 12.4 Å². The normalized spacial score (nSPS) is 12.1. The number of aryl methyl sites for hydroxylation is 1. The van der Waals surface area contributed by atoms with E-state index >= 15 is 0 Å². The summed E-state index contributed by atoms with van der Waals surface area (Å²) in [6.45, 7) is 0. The fraction of sp³-hybridized carbons (Fsp3) is 0.375. The molecule has 1 atom stereocenters. The van der Waals surface area contributed by atoms with Crippen LogP contribution in [0.25, 0.3) is 0 Å². The van der Waals surface area contributed by atoms with Gasteiger partial charge in [-0.05, 0) is 6.07 Å². The van der Waals surface area contributed by atoms with Crippen molar-refractivity contribution in [2.45, 2.75) is 12.5 Å². The standard InChI is InChI=1S/C8H11N3O3/c1-11-6(2-3-10-11)4-7(8(13)14)9-5-12/h2-3,5,7H,4H2,1H3,(H,9,12)(H,13,14). The van der Waals surface area contributed by atoms with E-state index in [4.69, 9.17) is 5.11 Å². The van der Waals surface area contributed by atoms with Gasteiger partial charge < -0.3 is 10.4 Å². The molecule has 0 aliphatic heterocycles. The quantitative estimate of drug-likeness (QED) is 0.603. The minimum atomic E-state index is -1.06. The van der Waals surface area contributed by atoms with Crippen LogP contribution in [0.3, 0.4) is 0 Å². The molecule has 1 aromatic rings. The zero-order valence-electron chi connectivity index (χ0n) is 7.67. The number of nitrogens with one attached hydrogen (secondary N) is 1. The second-order valence-corrected chi connectivity index (χ2v) is 2.83. The third kappa shape index (κ3) is 2.32. The molecular formula is C8H11N3O3. The van der Waals surface area contributed by atoms with Crippen molar-refractivity contribution in [1.29, 1.82) is 0 Å². The summed E-state index contributed by atoms with van der Waals surface area (Å²) in [5.41, 5.74) is 0.756. The van der Waals surface area contributed by atoms with E-state index in [1.165, 1.54) is 0 Å². The summed E-state index contributed by atoms with van der Waals surface area (Å²) in [5.74, 6) is -1.06. The van der Waals surface area contributed by atoms with Crippen molar-refractivity contribution in [2.24, 2.45) is 7.05 Å². The van der Waals surface area contributed by atoms with Crippen LogP contribution in [0.15, 0.2) is 12.3 Å². The van der Waals surface area contributed by atoms with Gasteiger partial charge in [0.05, 0.1) is 0 Å². The molecule has 0 radical (unpaired) electrons. The van der Waals surface area contributed by atoms with Gasteiger partial charge in [-0.15, -0.1) is 0 Å². The Balaban J connectivity index is 2.69. The van der Waals surface area contributed by atoms with Crippen LogP contribution in [0.5, 0.6) is 0 Å². The van der Waals surface area contributed by atoms with E-state index in [2.05, 4.69) is 10.4 Å². The predicted octanol–water partition coefficient (Wildman–Crippen LogP) is -0.838. The molecule has 1 aromatic heterocycles. The van der Waals surface area contributed by atoms with E-state index in [1.54, 1.807) is 24.0 Å². The minimum Gasteiger partial charge on any atom is -0.480 e. The Bertz CT molecular complexity index is 334. The number of carboxylic acids is 1. The van der Waals surface area contributed by atoms with Gasteiger partial charge in [0.15, 0.2) is 0 Å². The molecule has 0 aromatic carbocycles. The molecule has 2 N–H and O–H groups in total. The zero-order chi connectivity index (χ0) is 10.6. The second-order valence-electron chi connectivity index (χ2n) is 2.83. The maximum atomic E-state index is 10.7. The highest BCUT2D eigenvalue weighted by molar-refractivity contribution is 5.76. The Morgan fingerprint density at radius 1 is 1.86 bits per heavy atom. The Hall–Kier alpha value is -1.85. The molecule has 0 saturated heterocycles. The van der Waals surface area contributed by atoms with Gasteiger partial charge in [-0.3, -0.25) is 9.48 Å². The molecule has 0 fully saturated rings. The van der Waals surface area contributed by atoms with Crippen molar-refractivity contribution < 1.29 is 14.7 Å². The summed E-state index contributed by atoms with van der Waals surface area (Å²) in [4.78, 5) is 20.8. The number of aromatic nitrogens is 2. The molecular weight excluding hydrogens is 186 g/mol. The molecule has 0 aliphatic rings. The van der Waals surface area contributed by atoms with Crippen molar-refractivity contribution in [3.63, 3.8) is 0 Å².